The molecule has 1 N–H and O–H groups in total. The van der Waals surface area contributed by atoms with Crippen LogP contribution in [0.1, 0.15) is 12.0 Å². The molecule has 0 unspecified atom stereocenters. The van der Waals surface area contributed by atoms with E-state index in [0.29, 0.717) is 19.5 Å². The van der Waals surface area contributed by atoms with Crippen molar-refractivity contribution in [3.63, 3.8) is 0 Å². The molecule has 0 bridgehead atoms. The van der Waals surface area contributed by atoms with E-state index in [1.165, 1.54) is 13.2 Å². The second-order valence-corrected chi connectivity index (χ2v) is 4.07. The molecule has 4 nitrogen and oxygen atoms in total. The first-order chi connectivity index (χ1) is 8.58. The van der Waals surface area contributed by atoms with Gasteiger partial charge in [0.05, 0.1) is 7.11 Å². The van der Waals surface area contributed by atoms with E-state index in [2.05, 4.69) is 5.32 Å². The molecule has 0 aromatic heterocycles. The average Bonchev–Trinajstić information content (AvgIpc) is 2.36. The molecule has 0 spiro atoms. The van der Waals surface area contributed by atoms with Crippen molar-refractivity contribution in [2.24, 2.45) is 0 Å². The minimum absolute atomic E-state index is 0.0283. The third-order valence-electron chi connectivity index (χ3n) is 2.65. The number of halogens is 1. The molecule has 0 aliphatic rings. The maximum atomic E-state index is 13.5. The Morgan fingerprint density at radius 2 is 2.22 bits per heavy atom. The summed E-state index contributed by atoms with van der Waals surface area (Å²) in [5.74, 6) is -0.172. The van der Waals surface area contributed by atoms with Crippen molar-refractivity contribution in [3.8, 4) is 5.75 Å². The number of nitrogens with zero attached hydrogens (tertiary/aromatic N) is 1. The van der Waals surface area contributed by atoms with E-state index < -0.39 is 5.82 Å². The lowest BCUT2D eigenvalue weighted by Crippen LogP contribution is -2.28. The zero-order valence-electron chi connectivity index (χ0n) is 11.0. The molecule has 1 amide bonds. The predicted molar refractivity (Wildman–Crippen MR) is 68.0 cm³/mol. The maximum Gasteiger partial charge on any atom is 0.223 e. The lowest BCUT2D eigenvalue weighted by Gasteiger charge is -2.17. The van der Waals surface area contributed by atoms with Crippen LogP contribution >= 0.6 is 0 Å². The van der Waals surface area contributed by atoms with E-state index in [0.717, 1.165) is 5.56 Å². The lowest BCUT2D eigenvalue weighted by molar-refractivity contribution is -0.130. The third kappa shape index (κ3) is 4.00. The van der Waals surface area contributed by atoms with Crippen LogP contribution in [0.3, 0.4) is 0 Å². The fraction of sp³-hybridized carbons (Fsp3) is 0.462. The highest BCUT2D eigenvalue weighted by atomic mass is 19.1. The Morgan fingerprint density at radius 3 is 2.78 bits per heavy atom. The summed E-state index contributed by atoms with van der Waals surface area (Å²) in [6.45, 7) is 1.03. The summed E-state index contributed by atoms with van der Waals surface area (Å²) in [5.41, 5.74) is 0.744. The van der Waals surface area contributed by atoms with E-state index in [1.807, 2.05) is 0 Å². The van der Waals surface area contributed by atoms with E-state index in [1.54, 1.807) is 31.1 Å². The fourth-order valence-electron chi connectivity index (χ4n) is 1.59. The van der Waals surface area contributed by atoms with Gasteiger partial charge in [0.2, 0.25) is 5.91 Å². The van der Waals surface area contributed by atoms with Gasteiger partial charge in [-0.15, -0.1) is 0 Å². The van der Waals surface area contributed by atoms with E-state index in [9.17, 15) is 9.18 Å². The number of amides is 1. The average molecular weight is 254 g/mol. The maximum absolute atomic E-state index is 13.5. The lowest BCUT2D eigenvalue weighted by atomic mass is 10.2. The molecule has 5 heteroatoms. The molecular weight excluding hydrogens is 235 g/mol. The SMILES string of the molecule is CNCCC(=O)N(C)Cc1ccc(OC)c(F)c1. The Labute approximate surface area is 107 Å². The predicted octanol–water partition coefficient (Wildman–Crippen LogP) is 1.40. The molecule has 1 aromatic rings. The van der Waals surface area contributed by atoms with Crippen molar-refractivity contribution in [2.45, 2.75) is 13.0 Å². The zero-order chi connectivity index (χ0) is 13.5. The number of carbonyl (C=O) groups excluding carboxylic acids is 1. The van der Waals surface area contributed by atoms with Crippen molar-refractivity contribution in [3.05, 3.63) is 29.6 Å². The number of hydrogen-bond acceptors (Lipinski definition) is 3. The fourth-order valence-corrected chi connectivity index (χ4v) is 1.59. The molecule has 0 atom stereocenters. The first-order valence-electron chi connectivity index (χ1n) is 5.79. The van der Waals surface area contributed by atoms with Crippen molar-refractivity contribution in [2.75, 3.05) is 27.7 Å². The summed E-state index contributed by atoms with van der Waals surface area (Å²) >= 11 is 0. The van der Waals surface area contributed by atoms with Gasteiger partial charge in [0.25, 0.3) is 0 Å². The molecule has 0 radical (unpaired) electrons. The molecule has 0 saturated heterocycles. The van der Waals surface area contributed by atoms with Gasteiger partial charge in [-0.25, -0.2) is 4.39 Å². The van der Waals surface area contributed by atoms with Crippen LogP contribution in [0, 0.1) is 5.82 Å². The number of methoxy groups -OCH3 is 1. The molecule has 0 aliphatic carbocycles. The minimum Gasteiger partial charge on any atom is -0.494 e. The van der Waals surface area contributed by atoms with E-state index in [4.69, 9.17) is 4.74 Å². The topological polar surface area (TPSA) is 41.6 Å². The molecule has 1 aromatic carbocycles. The van der Waals surface area contributed by atoms with Gasteiger partial charge in [-0.1, -0.05) is 6.07 Å². The van der Waals surface area contributed by atoms with Crippen LogP contribution in [0.5, 0.6) is 5.75 Å². The standard InChI is InChI=1S/C13H19FN2O2/c1-15-7-6-13(17)16(2)9-10-4-5-12(18-3)11(14)8-10/h4-5,8,15H,6-7,9H2,1-3H3. The van der Waals surface area contributed by atoms with Crippen LogP contribution in [0.2, 0.25) is 0 Å². The highest BCUT2D eigenvalue weighted by Gasteiger charge is 2.10. The Morgan fingerprint density at radius 1 is 1.50 bits per heavy atom. The highest BCUT2D eigenvalue weighted by Crippen LogP contribution is 2.18. The van der Waals surface area contributed by atoms with Crippen LogP contribution in [0.15, 0.2) is 18.2 Å². The third-order valence-corrected chi connectivity index (χ3v) is 2.65. The molecule has 0 saturated carbocycles. The first kappa shape index (κ1) is 14.4. The summed E-state index contributed by atoms with van der Waals surface area (Å²) in [7, 11) is 4.93. The summed E-state index contributed by atoms with van der Waals surface area (Å²) in [5, 5.41) is 2.92. The van der Waals surface area contributed by atoms with Crippen LogP contribution < -0.4 is 10.1 Å². The number of ether oxygens (including phenoxy) is 1. The summed E-state index contributed by atoms with van der Waals surface area (Å²) in [6.07, 6.45) is 0.436. The van der Waals surface area contributed by atoms with Crippen LogP contribution in [-0.2, 0) is 11.3 Å². The van der Waals surface area contributed by atoms with Crippen LogP contribution in [0.25, 0.3) is 0 Å². The summed E-state index contributed by atoms with van der Waals surface area (Å²) < 4.78 is 18.3. The molecule has 0 aliphatic heterocycles. The zero-order valence-corrected chi connectivity index (χ0v) is 11.0. The number of benzene rings is 1. The van der Waals surface area contributed by atoms with Crippen LogP contribution in [0.4, 0.5) is 4.39 Å². The van der Waals surface area contributed by atoms with Crippen LogP contribution in [-0.4, -0.2) is 38.6 Å². The minimum atomic E-state index is -0.411. The smallest absolute Gasteiger partial charge is 0.223 e. The number of nitrogens with one attached hydrogen (secondary N) is 1. The van der Waals surface area contributed by atoms with Crippen molar-refractivity contribution >= 4 is 5.91 Å². The number of hydrogen-bond donors (Lipinski definition) is 1. The second-order valence-electron chi connectivity index (χ2n) is 4.07. The van der Waals surface area contributed by atoms with Crippen molar-refractivity contribution in [1.29, 1.82) is 0 Å². The van der Waals surface area contributed by atoms with E-state index >= 15 is 0 Å². The van der Waals surface area contributed by atoms with Gasteiger partial charge in [0, 0.05) is 26.6 Å². The molecule has 18 heavy (non-hydrogen) atoms. The Balaban J connectivity index is 2.61. The van der Waals surface area contributed by atoms with Crippen molar-refractivity contribution in [1.82, 2.24) is 10.2 Å². The Bertz CT molecular complexity index is 410. The second kappa shape index (κ2) is 6.96. The van der Waals surface area contributed by atoms with Gasteiger partial charge in [0.1, 0.15) is 0 Å². The number of carbonyl (C=O) groups is 1. The Hall–Kier alpha value is -1.62. The van der Waals surface area contributed by atoms with Gasteiger partial charge in [-0.05, 0) is 24.7 Å². The molecule has 1 rings (SSSR count). The molecular formula is C13H19FN2O2. The van der Waals surface area contributed by atoms with Gasteiger partial charge < -0.3 is 15.0 Å². The molecule has 0 heterocycles. The monoisotopic (exact) mass is 254 g/mol. The molecule has 0 fully saturated rings. The van der Waals surface area contributed by atoms with Crippen molar-refractivity contribution < 1.29 is 13.9 Å². The molecule has 100 valence electrons. The van der Waals surface area contributed by atoms with Gasteiger partial charge >= 0.3 is 0 Å². The summed E-state index contributed by atoms with van der Waals surface area (Å²) in [6, 6.07) is 4.71. The highest BCUT2D eigenvalue weighted by molar-refractivity contribution is 5.76. The van der Waals surface area contributed by atoms with Gasteiger partial charge in [-0.3, -0.25) is 4.79 Å². The van der Waals surface area contributed by atoms with Gasteiger partial charge in [-0.2, -0.15) is 0 Å². The number of rotatable bonds is 6. The first-order valence-corrected chi connectivity index (χ1v) is 5.79. The largest absolute Gasteiger partial charge is 0.494 e. The Kier molecular flexibility index (Phi) is 5.58. The van der Waals surface area contributed by atoms with Gasteiger partial charge in [0.15, 0.2) is 11.6 Å². The summed E-state index contributed by atoms with van der Waals surface area (Å²) in [4.78, 5) is 13.3. The normalized spacial score (nSPS) is 10.2. The quantitative estimate of drug-likeness (QED) is 0.834. The van der Waals surface area contributed by atoms with E-state index in [-0.39, 0.29) is 11.7 Å².